The molecule has 0 unspecified atom stereocenters. The van der Waals surface area contributed by atoms with Crippen molar-refractivity contribution in [3.63, 3.8) is 0 Å². The predicted molar refractivity (Wildman–Crippen MR) is 181 cm³/mol. The van der Waals surface area contributed by atoms with E-state index in [1.807, 2.05) is 0 Å². The molecule has 0 amide bonds. The molecule has 0 radical (unpaired) electrons. The number of rotatable bonds is 2. The fraction of sp³-hybridized carbons (Fsp3) is 0.0732. The Bertz CT molecular complexity index is 2420. The van der Waals surface area contributed by atoms with Gasteiger partial charge in [-0.15, -0.1) is 0 Å². The van der Waals surface area contributed by atoms with Gasteiger partial charge in [0, 0.05) is 32.9 Å². The highest BCUT2D eigenvalue weighted by molar-refractivity contribution is 6.27. The zero-order chi connectivity index (χ0) is 29.2. The van der Waals surface area contributed by atoms with E-state index in [9.17, 15) is 0 Å². The SMILES string of the molecule is CC1(C)c2ccccc2-c2nc(-n3c4cccc5c4c4c(cccc43)-c3cccc4cccc-5c34)nc(-c3ccccc3)c21. The second-order valence-corrected chi connectivity index (χ2v) is 12.6. The lowest BCUT2D eigenvalue weighted by molar-refractivity contribution is 0.657. The summed E-state index contributed by atoms with van der Waals surface area (Å²) in [6.07, 6.45) is 0. The van der Waals surface area contributed by atoms with E-state index in [1.165, 1.54) is 60.5 Å². The molecule has 6 aromatic carbocycles. The van der Waals surface area contributed by atoms with Crippen molar-refractivity contribution in [2.24, 2.45) is 0 Å². The average molecular weight is 562 g/mol. The highest BCUT2D eigenvalue weighted by Gasteiger charge is 2.40. The Morgan fingerprint density at radius 2 is 1.00 bits per heavy atom. The first-order valence-electron chi connectivity index (χ1n) is 15.3. The molecule has 3 heteroatoms. The predicted octanol–water partition coefficient (Wildman–Crippen LogP) is 10.3. The fourth-order valence-corrected chi connectivity index (χ4v) is 8.07. The Kier molecular flexibility index (Phi) is 4.52. The fourth-order valence-electron chi connectivity index (χ4n) is 8.07. The number of hydrogen-bond donors (Lipinski definition) is 0. The minimum Gasteiger partial charge on any atom is -0.278 e. The van der Waals surface area contributed by atoms with Crippen LogP contribution in [0, 0.1) is 0 Å². The van der Waals surface area contributed by atoms with Crippen molar-refractivity contribution < 1.29 is 0 Å². The lowest BCUT2D eigenvalue weighted by Gasteiger charge is -2.24. The molecule has 0 bridgehead atoms. The van der Waals surface area contributed by atoms with Crippen LogP contribution in [-0.2, 0) is 5.41 Å². The van der Waals surface area contributed by atoms with Crippen molar-refractivity contribution >= 4 is 32.6 Å². The summed E-state index contributed by atoms with van der Waals surface area (Å²) < 4.78 is 2.30. The maximum absolute atomic E-state index is 5.47. The molecule has 0 aliphatic heterocycles. The molecule has 2 aromatic heterocycles. The molecule has 0 N–H and O–H groups in total. The van der Waals surface area contributed by atoms with Crippen LogP contribution in [0.2, 0.25) is 0 Å². The number of benzene rings is 6. The summed E-state index contributed by atoms with van der Waals surface area (Å²) in [6, 6.07) is 46.1. The Balaban J connectivity index is 1.37. The number of aromatic nitrogens is 3. The molecule has 3 nitrogen and oxygen atoms in total. The molecule has 0 atom stereocenters. The normalized spacial score (nSPS) is 13.9. The van der Waals surface area contributed by atoms with Crippen LogP contribution in [0.4, 0.5) is 0 Å². The van der Waals surface area contributed by atoms with Crippen molar-refractivity contribution in [1.29, 1.82) is 0 Å². The largest absolute Gasteiger partial charge is 0.278 e. The van der Waals surface area contributed by atoms with Gasteiger partial charge in [0.2, 0.25) is 5.95 Å². The van der Waals surface area contributed by atoms with E-state index in [2.05, 4.69) is 146 Å². The third kappa shape index (κ3) is 2.91. The maximum atomic E-state index is 5.47. The Labute approximate surface area is 255 Å². The van der Waals surface area contributed by atoms with E-state index in [0.717, 1.165) is 28.0 Å². The van der Waals surface area contributed by atoms with Crippen LogP contribution in [0.5, 0.6) is 0 Å². The van der Waals surface area contributed by atoms with Crippen molar-refractivity contribution in [3.05, 3.63) is 139 Å². The number of hydrogen-bond acceptors (Lipinski definition) is 2. The van der Waals surface area contributed by atoms with Gasteiger partial charge in [0.25, 0.3) is 0 Å². The molecule has 0 saturated heterocycles. The first kappa shape index (κ1) is 24.0. The third-order valence-electron chi connectivity index (χ3n) is 9.93. The van der Waals surface area contributed by atoms with Crippen molar-refractivity contribution in [2.75, 3.05) is 0 Å². The summed E-state index contributed by atoms with van der Waals surface area (Å²) in [6.45, 7) is 4.60. The summed E-state index contributed by atoms with van der Waals surface area (Å²) in [7, 11) is 0. The maximum Gasteiger partial charge on any atom is 0.235 e. The van der Waals surface area contributed by atoms with E-state index < -0.39 is 0 Å². The Morgan fingerprint density at radius 3 is 1.66 bits per heavy atom. The van der Waals surface area contributed by atoms with Crippen molar-refractivity contribution in [2.45, 2.75) is 19.3 Å². The summed E-state index contributed by atoms with van der Waals surface area (Å²) in [4.78, 5) is 10.9. The van der Waals surface area contributed by atoms with Crippen LogP contribution in [0.15, 0.2) is 127 Å². The van der Waals surface area contributed by atoms with Crippen LogP contribution in [0.3, 0.4) is 0 Å². The van der Waals surface area contributed by atoms with Gasteiger partial charge in [-0.1, -0.05) is 129 Å². The molecule has 44 heavy (non-hydrogen) atoms. The zero-order valence-electron chi connectivity index (χ0n) is 24.5. The molecule has 2 aliphatic carbocycles. The van der Waals surface area contributed by atoms with E-state index in [4.69, 9.17) is 9.97 Å². The lowest BCUT2D eigenvalue weighted by atomic mass is 9.81. The second kappa shape index (κ2) is 8.30. The summed E-state index contributed by atoms with van der Waals surface area (Å²) in [5.41, 5.74) is 13.9. The molecule has 206 valence electrons. The van der Waals surface area contributed by atoms with Crippen LogP contribution in [-0.4, -0.2) is 14.5 Å². The van der Waals surface area contributed by atoms with E-state index >= 15 is 0 Å². The molecular weight excluding hydrogens is 534 g/mol. The molecule has 0 fully saturated rings. The topological polar surface area (TPSA) is 30.7 Å². The van der Waals surface area contributed by atoms with Gasteiger partial charge in [0.15, 0.2) is 0 Å². The van der Waals surface area contributed by atoms with Crippen LogP contribution < -0.4 is 0 Å². The minimum atomic E-state index is -0.222. The minimum absolute atomic E-state index is 0.222. The number of fused-ring (bicyclic) bond motifs is 5. The molecule has 2 heterocycles. The Hall–Kier alpha value is -5.54. The van der Waals surface area contributed by atoms with Gasteiger partial charge in [-0.2, -0.15) is 0 Å². The highest BCUT2D eigenvalue weighted by atomic mass is 15.2. The van der Waals surface area contributed by atoms with Gasteiger partial charge in [-0.25, -0.2) is 9.97 Å². The lowest BCUT2D eigenvalue weighted by Crippen LogP contribution is -2.18. The summed E-state index contributed by atoms with van der Waals surface area (Å²) >= 11 is 0. The van der Waals surface area contributed by atoms with E-state index in [0.29, 0.717) is 5.95 Å². The molecule has 2 aliphatic rings. The quantitative estimate of drug-likeness (QED) is 0.210. The second-order valence-electron chi connectivity index (χ2n) is 12.6. The smallest absolute Gasteiger partial charge is 0.235 e. The molecular formula is C41H27N3. The first-order chi connectivity index (χ1) is 21.6. The van der Waals surface area contributed by atoms with E-state index in [-0.39, 0.29) is 5.41 Å². The van der Waals surface area contributed by atoms with Crippen molar-refractivity contribution in [3.8, 4) is 50.7 Å². The van der Waals surface area contributed by atoms with Gasteiger partial charge in [-0.05, 0) is 50.7 Å². The molecule has 10 rings (SSSR count). The Morgan fingerprint density at radius 1 is 0.477 bits per heavy atom. The average Bonchev–Trinajstić information content (AvgIpc) is 3.48. The van der Waals surface area contributed by atoms with Gasteiger partial charge in [0.05, 0.1) is 22.4 Å². The molecule has 0 spiro atoms. The van der Waals surface area contributed by atoms with Crippen molar-refractivity contribution in [1.82, 2.24) is 14.5 Å². The molecule has 0 saturated carbocycles. The van der Waals surface area contributed by atoms with Gasteiger partial charge in [-0.3, -0.25) is 4.57 Å². The van der Waals surface area contributed by atoms with Gasteiger partial charge < -0.3 is 0 Å². The van der Waals surface area contributed by atoms with Gasteiger partial charge >= 0.3 is 0 Å². The standard InChI is InChI=1S/C41H27N3/c1-41(2)31-21-7-6-16-30(31)39-37(41)38(25-12-4-3-5-13-25)42-40(43-39)44-32-22-10-19-28-26-17-8-14-24-15-9-18-27(34(24)26)29-20-11-23-33(44)36(29)35(28)32/h3-23H,1-2H3. The zero-order valence-corrected chi connectivity index (χ0v) is 24.5. The third-order valence-corrected chi connectivity index (χ3v) is 9.93. The van der Waals surface area contributed by atoms with Crippen LogP contribution in [0.25, 0.3) is 83.3 Å². The molecule has 8 aromatic rings. The monoisotopic (exact) mass is 561 g/mol. The number of nitrogens with zero attached hydrogens (tertiary/aromatic N) is 3. The summed E-state index contributed by atoms with van der Waals surface area (Å²) in [5.74, 6) is 0.705. The van der Waals surface area contributed by atoms with Crippen LogP contribution in [0.1, 0.15) is 25.0 Å². The van der Waals surface area contributed by atoms with Gasteiger partial charge in [0.1, 0.15) is 0 Å². The highest BCUT2D eigenvalue weighted by Crippen LogP contribution is 2.52. The van der Waals surface area contributed by atoms with Crippen LogP contribution >= 0.6 is 0 Å². The summed E-state index contributed by atoms with van der Waals surface area (Å²) in [5, 5.41) is 5.10. The first-order valence-corrected chi connectivity index (χ1v) is 15.3. The van der Waals surface area contributed by atoms with E-state index in [1.54, 1.807) is 0 Å².